The van der Waals surface area contributed by atoms with Gasteiger partial charge in [0.2, 0.25) is 0 Å². The van der Waals surface area contributed by atoms with Crippen molar-refractivity contribution >= 4 is 28.4 Å². The predicted octanol–water partition coefficient (Wildman–Crippen LogP) is 7.73. The number of benzene rings is 3. The zero-order chi connectivity index (χ0) is 20.1. The smallest absolute Gasteiger partial charge is 0.0887 e. The van der Waals surface area contributed by atoms with Crippen LogP contribution >= 0.6 is 0 Å². The van der Waals surface area contributed by atoms with E-state index in [-0.39, 0.29) is 0 Å². The lowest BCUT2D eigenvalue weighted by molar-refractivity contribution is 0.949. The second-order valence-electron chi connectivity index (χ2n) is 7.42. The van der Waals surface area contributed by atoms with E-state index in [1.807, 2.05) is 68.4 Å². The molecule has 4 rings (SSSR count). The van der Waals surface area contributed by atoms with Gasteiger partial charge in [-0.05, 0) is 92.4 Å². The van der Waals surface area contributed by atoms with Gasteiger partial charge in [0.05, 0.1) is 22.7 Å². The van der Waals surface area contributed by atoms with E-state index >= 15 is 0 Å². The summed E-state index contributed by atoms with van der Waals surface area (Å²) in [5.74, 6) is 0. The quantitative estimate of drug-likeness (QED) is 0.416. The summed E-state index contributed by atoms with van der Waals surface area (Å²) in [5, 5.41) is 17.4. The average molecular weight is 383 g/mol. The molecule has 1 fully saturated rings. The third-order valence-electron chi connectivity index (χ3n) is 5.06. The van der Waals surface area contributed by atoms with Crippen LogP contribution in [0.1, 0.15) is 24.0 Å². The Morgan fingerprint density at radius 2 is 1.31 bits per heavy atom. The van der Waals surface area contributed by atoms with Crippen molar-refractivity contribution in [3.05, 3.63) is 77.9 Å². The number of anilines is 1. The zero-order valence-corrected chi connectivity index (χ0v) is 16.9. The molecule has 0 N–H and O–H groups in total. The van der Waals surface area contributed by atoms with E-state index in [1.165, 1.54) is 24.1 Å². The van der Waals surface area contributed by atoms with Crippen molar-refractivity contribution in [3.8, 4) is 0 Å². The Balaban J connectivity index is 1.43. The summed E-state index contributed by atoms with van der Waals surface area (Å²) in [6.45, 7) is 6.35. The number of azo groups is 2. The van der Waals surface area contributed by atoms with Crippen LogP contribution in [0.4, 0.5) is 28.4 Å². The van der Waals surface area contributed by atoms with Crippen LogP contribution in [0.25, 0.3) is 0 Å². The first kappa shape index (κ1) is 19.0. The maximum atomic E-state index is 4.37. The van der Waals surface area contributed by atoms with E-state index in [1.54, 1.807) is 0 Å². The van der Waals surface area contributed by atoms with Crippen LogP contribution in [0.2, 0.25) is 0 Å². The Kier molecular flexibility index (Phi) is 5.75. The largest absolute Gasteiger partial charge is 0.372 e. The first-order valence-electron chi connectivity index (χ1n) is 10.0. The van der Waals surface area contributed by atoms with Crippen molar-refractivity contribution < 1.29 is 0 Å². The molecule has 0 aliphatic carbocycles. The van der Waals surface area contributed by atoms with Gasteiger partial charge in [0.25, 0.3) is 0 Å². The topological polar surface area (TPSA) is 52.7 Å². The molecule has 0 unspecified atom stereocenters. The van der Waals surface area contributed by atoms with Gasteiger partial charge in [0.15, 0.2) is 0 Å². The number of aryl methyl sites for hydroxylation is 2. The summed E-state index contributed by atoms with van der Waals surface area (Å²) >= 11 is 0. The number of nitrogens with zero attached hydrogens (tertiary/aromatic N) is 5. The molecular formula is C24H25N5. The van der Waals surface area contributed by atoms with Crippen molar-refractivity contribution in [1.29, 1.82) is 0 Å². The maximum Gasteiger partial charge on any atom is 0.0887 e. The Labute approximate surface area is 171 Å². The fourth-order valence-electron chi connectivity index (χ4n) is 3.44. The van der Waals surface area contributed by atoms with Gasteiger partial charge in [0, 0.05) is 18.8 Å². The second kappa shape index (κ2) is 8.78. The Morgan fingerprint density at radius 1 is 0.655 bits per heavy atom. The molecule has 3 aromatic rings. The number of rotatable bonds is 5. The van der Waals surface area contributed by atoms with Gasteiger partial charge >= 0.3 is 0 Å². The monoisotopic (exact) mass is 383 g/mol. The molecule has 0 amide bonds. The fraction of sp³-hybridized carbons (Fsp3) is 0.250. The van der Waals surface area contributed by atoms with E-state index in [2.05, 4.69) is 37.5 Å². The summed E-state index contributed by atoms with van der Waals surface area (Å²) in [7, 11) is 0. The standard InChI is InChI=1S/C24H25N5/c1-18-6-5-7-21(16-18)27-28-24-13-10-22(17-19(24)2)26-25-20-8-11-23(12-9-20)29-14-3-4-15-29/h5-13,16-17H,3-4,14-15H2,1-2H3/b26-25+,28-27+. The van der Waals surface area contributed by atoms with Gasteiger partial charge in [-0.2, -0.15) is 20.5 Å². The van der Waals surface area contributed by atoms with Gasteiger partial charge in [-0.3, -0.25) is 0 Å². The molecule has 0 aromatic heterocycles. The molecule has 29 heavy (non-hydrogen) atoms. The molecule has 3 aromatic carbocycles. The third-order valence-corrected chi connectivity index (χ3v) is 5.06. The normalized spacial score (nSPS) is 14.3. The molecule has 0 bridgehead atoms. The van der Waals surface area contributed by atoms with Crippen molar-refractivity contribution in [2.45, 2.75) is 26.7 Å². The second-order valence-corrected chi connectivity index (χ2v) is 7.42. The Hall–Kier alpha value is -3.34. The molecule has 1 aliphatic heterocycles. The first-order valence-corrected chi connectivity index (χ1v) is 10.0. The van der Waals surface area contributed by atoms with E-state index in [0.29, 0.717) is 0 Å². The van der Waals surface area contributed by atoms with E-state index in [0.717, 1.165) is 41.4 Å². The lowest BCUT2D eigenvalue weighted by atomic mass is 10.2. The van der Waals surface area contributed by atoms with Crippen molar-refractivity contribution in [3.63, 3.8) is 0 Å². The van der Waals surface area contributed by atoms with Gasteiger partial charge < -0.3 is 4.90 Å². The highest BCUT2D eigenvalue weighted by Gasteiger charge is 2.11. The van der Waals surface area contributed by atoms with E-state index in [4.69, 9.17) is 0 Å². The zero-order valence-electron chi connectivity index (χ0n) is 16.9. The van der Waals surface area contributed by atoms with Crippen molar-refractivity contribution in [2.24, 2.45) is 20.5 Å². The summed E-state index contributed by atoms with van der Waals surface area (Å²) in [5.41, 5.74) is 6.80. The molecule has 0 saturated carbocycles. The minimum Gasteiger partial charge on any atom is -0.372 e. The highest BCUT2D eigenvalue weighted by Crippen LogP contribution is 2.28. The maximum absolute atomic E-state index is 4.37. The van der Waals surface area contributed by atoms with Crippen molar-refractivity contribution in [2.75, 3.05) is 18.0 Å². The minimum absolute atomic E-state index is 0.806. The SMILES string of the molecule is Cc1cccc(/N=N/c2ccc(/N=N/c3ccc(N4CCCC4)cc3)cc2C)c1. The van der Waals surface area contributed by atoms with Crippen LogP contribution in [0.5, 0.6) is 0 Å². The molecule has 1 aliphatic rings. The van der Waals surface area contributed by atoms with Gasteiger partial charge in [-0.1, -0.05) is 12.1 Å². The summed E-state index contributed by atoms with van der Waals surface area (Å²) < 4.78 is 0. The third kappa shape index (κ3) is 4.93. The molecule has 1 heterocycles. The highest BCUT2D eigenvalue weighted by atomic mass is 15.1. The van der Waals surface area contributed by atoms with E-state index < -0.39 is 0 Å². The van der Waals surface area contributed by atoms with E-state index in [9.17, 15) is 0 Å². The molecule has 0 radical (unpaired) electrons. The van der Waals surface area contributed by atoms with Gasteiger partial charge in [0.1, 0.15) is 0 Å². The average Bonchev–Trinajstić information content (AvgIpc) is 3.27. The summed E-state index contributed by atoms with van der Waals surface area (Å²) in [6.07, 6.45) is 2.56. The molecule has 5 nitrogen and oxygen atoms in total. The summed E-state index contributed by atoms with van der Waals surface area (Å²) in [4.78, 5) is 2.41. The molecule has 146 valence electrons. The van der Waals surface area contributed by atoms with Crippen LogP contribution in [-0.2, 0) is 0 Å². The van der Waals surface area contributed by atoms with Crippen LogP contribution in [0.3, 0.4) is 0 Å². The predicted molar refractivity (Wildman–Crippen MR) is 119 cm³/mol. The number of hydrogen-bond acceptors (Lipinski definition) is 5. The molecule has 5 heteroatoms. The molecule has 0 spiro atoms. The highest BCUT2D eigenvalue weighted by molar-refractivity contribution is 5.55. The Bertz CT molecular complexity index is 1030. The number of hydrogen-bond donors (Lipinski definition) is 0. The fourth-order valence-corrected chi connectivity index (χ4v) is 3.44. The lowest BCUT2D eigenvalue weighted by Gasteiger charge is -2.17. The molecular weight excluding hydrogens is 358 g/mol. The Morgan fingerprint density at radius 3 is 2.03 bits per heavy atom. The van der Waals surface area contributed by atoms with Crippen LogP contribution in [-0.4, -0.2) is 13.1 Å². The molecule has 1 saturated heterocycles. The minimum atomic E-state index is 0.806. The van der Waals surface area contributed by atoms with Gasteiger partial charge in [-0.15, -0.1) is 0 Å². The van der Waals surface area contributed by atoms with Crippen LogP contribution in [0, 0.1) is 13.8 Å². The van der Waals surface area contributed by atoms with Crippen LogP contribution < -0.4 is 4.90 Å². The first-order chi connectivity index (χ1) is 14.2. The summed E-state index contributed by atoms with van der Waals surface area (Å²) in [6, 6.07) is 22.1. The molecule has 0 atom stereocenters. The van der Waals surface area contributed by atoms with Gasteiger partial charge in [-0.25, -0.2) is 0 Å². The lowest BCUT2D eigenvalue weighted by Crippen LogP contribution is -2.17. The van der Waals surface area contributed by atoms with Crippen molar-refractivity contribution in [1.82, 2.24) is 0 Å². The van der Waals surface area contributed by atoms with Crippen LogP contribution in [0.15, 0.2) is 87.2 Å².